The molecule has 3 rings (SSSR count). The molecule has 1 atom stereocenters. The van der Waals surface area contributed by atoms with Crippen molar-refractivity contribution in [1.82, 2.24) is 4.90 Å². The summed E-state index contributed by atoms with van der Waals surface area (Å²) in [5, 5.41) is 11.2. The fourth-order valence-corrected chi connectivity index (χ4v) is 3.93. The number of benzene rings is 2. The number of aliphatic hydroxyl groups excluding tert-OH is 1. The minimum atomic E-state index is -0.675. The summed E-state index contributed by atoms with van der Waals surface area (Å²) in [5.74, 6) is -0.175. The molecule has 6 nitrogen and oxygen atoms in total. The monoisotopic (exact) mass is 451 g/mol. The minimum Gasteiger partial charge on any atom is -0.507 e. The molecule has 0 aliphatic carbocycles. The number of unbranched alkanes of at least 4 members (excludes halogenated alkanes) is 1. The molecule has 1 N–H and O–H groups in total. The summed E-state index contributed by atoms with van der Waals surface area (Å²) < 4.78 is 11.5. The molecule has 1 amide bonds. The van der Waals surface area contributed by atoms with E-state index in [0.717, 1.165) is 18.4 Å². The second-order valence-corrected chi connectivity index (χ2v) is 8.78. The summed E-state index contributed by atoms with van der Waals surface area (Å²) in [5.41, 5.74) is 1.28. The molecule has 33 heavy (non-hydrogen) atoms. The normalized spacial score (nSPS) is 17.8. The predicted octanol–water partition coefficient (Wildman–Crippen LogP) is 5.48. The highest BCUT2D eigenvalue weighted by molar-refractivity contribution is 6.46. The van der Waals surface area contributed by atoms with E-state index in [4.69, 9.17) is 9.47 Å². The average Bonchev–Trinajstić information content (AvgIpc) is 3.02. The van der Waals surface area contributed by atoms with Gasteiger partial charge in [-0.1, -0.05) is 37.6 Å². The van der Waals surface area contributed by atoms with E-state index in [-0.39, 0.29) is 23.5 Å². The molecule has 0 spiro atoms. The van der Waals surface area contributed by atoms with Crippen LogP contribution in [0.15, 0.2) is 54.1 Å². The molecule has 0 radical (unpaired) electrons. The predicted molar refractivity (Wildman–Crippen MR) is 128 cm³/mol. The van der Waals surface area contributed by atoms with Gasteiger partial charge in [0.05, 0.1) is 23.8 Å². The quantitative estimate of drug-likeness (QED) is 0.310. The smallest absolute Gasteiger partial charge is 0.295 e. The number of rotatable bonds is 9. The fraction of sp³-hybridized carbons (Fsp3) is 0.407. The number of hydrogen-bond donors (Lipinski definition) is 1. The molecule has 1 fully saturated rings. The lowest BCUT2D eigenvalue weighted by molar-refractivity contribution is -0.139. The van der Waals surface area contributed by atoms with Crippen molar-refractivity contribution in [3.8, 4) is 11.5 Å². The Hall–Kier alpha value is -3.28. The maximum absolute atomic E-state index is 13.1. The molecule has 6 heteroatoms. The Kier molecular flexibility index (Phi) is 7.79. The number of nitrogens with zero attached hydrogens (tertiary/aromatic N) is 1. The average molecular weight is 452 g/mol. The first-order valence-corrected chi connectivity index (χ1v) is 11.5. The van der Waals surface area contributed by atoms with Gasteiger partial charge in [0, 0.05) is 12.1 Å². The Labute approximate surface area is 195 Å². The largest absolute Gasteiger partial charge is 0.507 e. The molecule has 0 bridgehead atoms. The van der Waals surface area contributed by atoms with Gasteiger partial charge in [-0.3, -0.25) is 9.59 Å². The molecule has 0 saturated carbocycles. The maximum atomic E-state index is 13.1. The molecular formula is C27H33NO5. The van der Waals surface area contributed by atoms with E-state index in [1.165, 1.54) is 0 Å². The molecule has 176 valence electrons. The van der Waals surface area contributed by atoms with Crippen molar-refractivity contribution in [2.45, 2.75) is 65.7 Å². The number of amides is 1. The second-order valence-electron chi connectivity index (χ2n) is 8.78. The zero-order chi connectivity index (χ0) is 24.1. The van der Waals surface area contributed by atoms with Crippen LogP contribution in [-0.4, -0.2) is 40.4 Å². The SMILES string of the molecule is CCCCN1C(=O)C(=O)/C(=C(\O)c2cccc(OC(C)C)c2)C1c1ccc(OC(C)C)cc1. The number of hydrogen-bond acceptors (Lipinski definition) is 5. The number of ketones is 1. The molecule has 1 saturated heterocycles. The summed E-state index contributed by atoms with van der Waals surface area (Å²) in [6, 6.07) is 13.6. The van der Waals surface area contributed by atoms with Gasteiger partial charge < -0.3 is 19.5 Å². The lowest BCUT2D eigenvalue weighted by atomic mass is 9.95. The van der Waals surface area contributed by atoms with Gasteiger partial charge in [-0.05, 0) is 63.9 Å². The van der Waals surface area contributed by atoms with Gasteiger partial charge in [0.2, 0.25) is 0 Å². The highest BCUT2D eigenvalue weighted by Crippen LogP contribution is 2.40. The van der Waals surface area contributed by atoms with Crippen LogP contribution >= 0.6 is 0 Å². The van der Waals surface area contributed by atoms with Crippen molar-refractivity contribution < 1.29 is 24.2 Å². The van der Waals surface area contributed by atoms with E-state index >= 15 is 0 Å². The Bertz CT molecular complexity index is 1020. The van der Waals surface area contributed by atoms with E-state index in [1.807, 2.05) is 58.9 Å². The van der Waals surface area contributed by atoms with Crippen molar-refractivity contribution in [2.24, 2.45) is 0 Å². The fourth-order valence-electron chi connectivity index (χ4n) is 3.93. The minimum absolute atomic E-state index is 0.0337. The van der Waals surface area contributed by atoms with Crippen LogP contribution in [0.2, 0.25) is 0 Å². The zero-order valence-corrected chi connectivity index (χ0v) is 20.0. The number of Topliss-reactive ketones (excluding diaryl/α,β-unsaturated/α-hetero) is 1. The molecule has 1 aliphatic heterocycles. The van der Waals surface area contributed by atoms with E-state index in [9.17, 15) is 14.7 Å². The number of carbonyl (C=O) groups is 2. The van der Waals surface area contributed by atoms with Crippen LogP contribution in [-0.2, 0) is 9.59 Å². The summed E-state index contributed by atoms with van der Waals surface area (Å²) in [4.78, 5) is 27.6. The number of aliphatic hydroxyl groups is 1. The molecule has 1 aliphatic rings. The molecular weight excluding hydrogens is 418 g/mol. The number of likely N-dealkylation sites (tertiary alicyclic amines) is 1. The Balaban J connectivity index is 2.08. The maximum Gasteiger partial charge on any atom is 0.295 e. The third kappa shape index (κ3) is 5.56. The van der Waals surface area contributed by atoms with Crippen molar-refractivity contribution in [3.63, 3.8) is 0 Å². The topological polar surface area (TPSA) is 76.1 Å². The Morgan fingerprint density at radius 1 is 0.970 bits per heavy atom. The Morgan fingerprint density at radius 2 is 1.61 bits per heavy atom. The molecule has 2 aromatic carbocycles. The second kappa shape index (κ2) is 10.6. The van der Waals surface area contributed by atoms with Crippen LogP contribution in [0.4, 0.5) is 0 Å². The van der Waals surface area contributed by atoms with Crippen molar-refractivity contribution in [3.05, 3.63) is 65.2 Å². The van der Waals surface area contributed by atoms with Crippen LogP contribution in [0, 0.1) is 0 Å². The van der Waals surface area contributed by atoms with Gasteiger partial charge in [0.25, 0.3) is 11.7 Å². The van der Waals surface area contributed by atoms with E-state index in [2.05, 4.69) is 0 Å². The summed E-state index contributed by atoms with van der Waals surface area (Å²) in [6.45, 7) is 10.2. The van der Waals surface area contributed by atoms with Crippen molar-refractivity contribution in [1.29, 1.82) is 0 Å². The van der Waals surface area contributed by atoms with Crippen molar-refractivity contribution >= 4 is 17.4 Å². The first kappa shape index (κ1) is 24.4. The van der Waals surface area contributed by atoms with Gasteiger partial charge >= 0.3 is 0 Å². The summed E-state index contributed by atoms with van der Waals surface area (Å²) in [7, 11) is 0. The van der Waals surface area contributed by atoms with Crippen molar-refractivity contribution in [2.75, 3.05) is 6.54 Å². The molecule has 1 heterocycles. The molecule has 2 aromatic rings. The molecule has 0 aromatic heterocycles. The summed E-state index contributed by atoms with van der Waals surface area (Å²) >= 11 is 0. The van der Waals surface area contributed by atoms with Gasteiger partial charge in [0.1, 0.15) is 17.3 Å². The number of ether oxygens (including phenoxy) is 2. The standard InChI is InChI=1S/C27H33NO5/c1-6-7-15-28-24(19-11-13-21(14-12-19)32-17(2)3)23(26(30)27(28)31)25(29)20-9-8-10-22(16-20)33-18(4)5/h8-14,16-18,24,29H,6-7,15H2,1-5H3/b25-23-. The van der Waals surface area contributed by atoms with Crippen LogP contribution in [0.5, 0.6) is 11.5 Å². The van der Waals surface area contributed by atoms with E-state index < -0.39 is 17.7 Å². The zero-order valence-electron chi connectivity index (χ0n) is 20.0. The van der Waals surface area contributed by atoms with Crippen LogP contribution in [0.25, 0.3) is 5.76 Å². The first-order chi connectivity index (χ1) is 15.7. The van der Waals surface area contributed by atoms with Crippen LogP contribution < -0.4 is 9.47 Å². The van der Waals surface area contributed by atoms with Gasteiger partial charge in [-0.2, -0.15) is 0 Å². The lowest BCUT2D eigenvalue weighted by Gasteiger charge is -2.25. The van der Waals surface area contributed by atoms with E-state index in [1.54, 1.807) is 29.2 Å². The third-order valence-electron chi connectivity index (χ3n) is 5.34. The third-order valence-corrected chi connectivity index (χ3v) is 5.34. The highest BCUT2D eigenvalue weighted by Gasteiger charge is 2.45. The van der Waals surface area contributed by atoms with Gasteiger partial charge in [-0.15, -0.1) is 0 Å². The molecule has 1 unspecified atom stereocenters. The lowest BCUT2D eigenvalue weighted by Crippen LogP contribution is -2.30. The summed E-state index contributed by atoms with van der Waals surface area (Å²) in [6.07, 6.45) is 1.64. The number of carbonyl (C=O) groups excluding carboxylic acids is 2. The Morgan fingerprint density at radius 3 is 2.21 bits per heavy atom. The van der Waals surface area contributed by atoms with Gasteiger partial charge in [0.15, 0.2) is 0 Å². The van der Waals surface area contributed by atoms with Gasteiger partial charge in [-0.25, -0.2) is 0 Å². The van der Waals surface area contributed by atoms with E-state index in [0.29, 0.717) is 23.6 Å². The van der Waals surface area contributed by atoms with Crippen LogP contribution in [0.3, 0.4) is 0 Å². The first-order valence-electron chi connectivity index (χ1n) is 11.5. The van der Waals surface area contributed by atoms with Crippen LogP contribution in [0.1, 0.15) is 64.6 Å². The highest BCUT2D eigenvalue weighted by atomic mass is 16.5.